The Kier molecular flexibility index (Phi) is 4.28. The Morgan fingerprint density at radius 1 is 0.958 bits per heavy atom. The van der Waals surface area contributed by atoms with Crippen LogP contribution in [0.25, 0.3) is 11.3 Å². The summed E-state index contributed by atoms with van der Waals surface area (Å²) >= 11 is 0. The molecule has 0 saturated heterocycles. The fourth-order valence-corrected chi connectivity index (χ4v) is 2.68. The van der Waals surface area contributed by atoms with E-state index in [9.17, 15) is 8.42 Å². The number of nitrogens with zero attached hydrogens (tertiary/aromatic N) is 2. The minimum Gasteiger partial charge on any atom is -0.324 e. The molecule has 0 spiro atoms. The van der Waals surface area contributed by atoms with Crippen molar-refractivity contribution in [3.05, 3.63) is 66.4 Å². The maximum atomic E-state index is 11.3. The second-order valence-electron chi connectivity index (χ2n) is 5.33. The first-order valence-electron chi connectivity index (χ1n) is 7.22. The zero-order chi connectivity index (χ0) is 17.2. The molecule has 0 amide bonds. The molecule has 2 aromatic carbocycles. The topological polar surface area (TPSA) is 98.0 Å². The first-order valence-corrected chi connectivity index (χ1v) is 8.76. The van der Waals surface area contributed by atoms with E-state index in [0.29, 0.717) is 11.6 Å². The van der Waals surface area contributed by atoms with Crippen LogP contribution in [0.15, 0.2) is 65.7 Å². The molecule has 3 aromatic rings. The van der Waals surface area contributed by atoms with Crippen molar-refractivity contribution in [2.75, 3.05) is 5.32 Å². The van der Waals surface area contributed by atoms with Crippen molar-refractivity contribution in [3.8, 4) is 11.3 Å². The van der Waals surface area contributed by atoms with E-state index < -0.39 is 10.0 Å². The number of aryl methyl sites for hydroxylation is 1. The van der Waals surface area contributed by atoms with E-state index in [0.717, 1.165) is 11.3 Å². The molecular weight excluding hydrogens is 324 g/mol. The zero-order valence-electron chi connectivity index (χ0n) is 13.0. The molecule has 0 fully saturated rings. The van der Waals surface area contributed by atoms with Crippen LogP contribution in [0.4, 0.5) is 11.6 Å². The lowest BCUT2D eigenvalue weighted by Gasteiger charge is -2.07. The molecule has 24 heavy (non-hydrogen) atoms. The highest BCUT2D eigenvalue weighted by Gasteiger charge is 2.07. The molecule has 3 N–H and O–H groups in total. The molecule has 1 aromatic heterocycles. The summed E-state index contributed by atoms with van der Waals surface area (Å²) in [6.07, 6.45) is 1.67. The van der Waals surface area contributed by atoms with Crippen molar-refractivity contribution >= 4 is 21.7 Å². The van der Waals surface area contributed by atoms with Gasteiger partial charge in [0.2, 0.25) is 16.0 Å². The molecule has 0 aliphatic heterocycles. The second-order valence-corrected chi connectivity index (χ2v) is 6.89. The Morgan fingerprint density at radius 2 is 1.62 bits per heavy atom. The summed E-state index contributed by atoms with van der Waals surface area (Å²) < 4.78 is 22.5. The van der Waals surface area contributed by atoms with Crippen LogP contribution in [0.3, 0.4) is 0 Å². The number of sulfonamides is 1. The summed E-state index contributed by atoms with van der Waals surface area (Å²) in [7, 11) is -3.70. The van der Waals surface area contributed by atoms with Crippen LogP contribution < -0.4 is 10.5 Å². The molecular formula is C17H16N4O2S. The Balaban J connectivity index is 1.83. The Hall–Kier alpha value is -2.77. The van der Waals surface area contributed by atoms with Gasteiger partial charge in [0.05, 0.1) is 10.6 Å². The van der Waals surface area contributed by atoms with Gasteiger partial charge in [0, 0.05) is 17.4 Å². The minimum absolute atomic E-state index is 0.0578. The maximum Gasteiger partial charge on any atom is 0.238 e. The van der Waals surface area contributed by atoms with Crippen LogP contribution in [0, 0.1) is 6.92 Å². The van der Waals surface area contributed by atoms with Crippen LogP contribution in [-0.2, 0) is 10.0 Å². The van der Waals surface area contributed by atoms with Crippen molar-refractivity contribution in [1.29, 1.82) is 0 Å². The summed E-state index contributed by atoms with van der Waals surface area (Å²) in [5.41, 5.74) is 3.65. The first-order chi connectivity index (χ1) is 11.4. The van der Waals surface area contributed by atoms with Gasteiger partial charge in [-0.05, 0) is 37.3 Å². The predicted molar refractivity (Wildman–Crippen MR) is 93.3 cm³/mol. The summed E-state index contributed by atoms with van der Waals surface area (Å²) in [5.74, 6) is 0.427. The van der Waals surface area contributed by atoms with E-state index in [2.05, 4.69) is 15.3 Å². The quantitative estimate of drug-likeness (QED) is 0.761. The number of rotatable bonds is 4. The normalized spacial score (nSPS) is 11.2. The van der Waals surface area contributed by atoms with E-state index in [4.69, 9.17) is 5.14 Å². The lowest BCUT2D eigenvalue weighted by molar-refractivity contribution is 0.598. The molecule has 6 nitrogen and oxygen atoms in total. The molecule has 3 rings (SSSR count). The Morgan fingerprint density at radius 3 is 2.25 bits per heavy atom. The largest absolute Gasteiger partial charge is 0.324 e. The fourth-order valence-electron chi connectivity index (χ4n) is 2.16. The molecule has 122 valence electrons. The van der Waals surface area contributed by atoms with Crippen LogP contribution in [0.5, 0.6) is 0 Å². The van der Waals surface area contributed by atoms with Crippen molar-refractivity contribution < 1.29 is 8.42 Å². The monoisotopic (exact) mass is 340 g/mol. The van der Waals surface area contributed by atoms with Gasteiger partial charge < -0.3 is 5.32 Å². The molecule has 0 bridgehead atoms. The number of nitrogens with two attached hydrogens (primary N) is 1. The third-order valence-corrected chi connectivity index (χ3v) is 4.37. The molecule has 0 saturated carbocycles. The summed E-state index contributed by atoms with van der Waals surface area (Å²) in [5, 5.41) is 8.13. The average Bonchev–Trinajstić information content (AvgIpc) is 2.55. The van der Waals surface area contributed by atoms with E-state index in [1.807, 2.05) is 37.3 Å². The SMILES string of the molecule is Cc1ccc(-c2ccnc(Nc3ccc(S(N)(=O)=O)cc3)n2)cc1. The standard InChI is InChI=1S/C17H16N4O2S/c1-12-2-4-13(5-3-12)16-10-11-19-17(21-16)20-14-6-8-15(9-7-14)24(18,22)23/h2-11H,1H3,(H2,18,22,23)(H,19,20,21). The van der Waals surface area contributed by atoms with E-state index in [-0.39, 0.29) is 4.90 Å². The van der Waals surface area contributed by atoms with Gasteiger partial charge in [-0.25, -0.2) is 23.5 Å². The smallest absolute Gasteiger partial charge is 0.238 e. The maximum absolute atomic E-state index is 11.3. The highest BCUT2D eigenvalue weighted by atomic mass is 32.2. The molecule has 0 aliphatic rings. The van der Waals surface area contributed by atoms with E-state index in [1.54, 1.807) is 18.3 Å². The van der Waals surface area contributed by atoms with Crippen LogP contribution >= 0.6 is 0 Å². The van der Waals surface area contributed by atoms with Crippen LogP contribution in [0.2, 0.25) is 0 Å². The average molecular weight is 340 g/mol. The minimum atomic E-state index is -3.70. The van der Waals surface area contributed by atoms with Gasteiger partial charge in [-0.1, -0.05) is 29.8 Å². The van der Waals surface area contributed by atoms with Gasteiger partial charge in [0.15, 0.2) is 0 Å². The molecule has 0 atom stereocenters. The van der Waals surface area contributed by atoms with Crippen molar-refractivity contribution in [2.24, 2.45) is 5.14 Å². The van der Waals surface area contributed by atoms with Gasteiger partial charge >= 0.3 is 0 Å². The van der Waals surface area contributed by atoms with Gasteiger partial charge in [0.1, 0.15) is 0 Å². The second kappa shape index (κ2) is 6.38. The third-order valence-electron chi connectivity index (χ3n) is 3.44. The van der Waals surface area contributed by atoms with Crippen LogP contribution in [0.1, 0.15) is 5.56 Å². The molecule has 0 unspecified atom stereocenters. The molecule has 1 heterocycles. The van der Waals surface area contributed by atoms with Gasteiger partial charge in [-0.15, -0.1) is 0 Å². The fraction of sp³-hybridized carbons (Fsp3) is 0.0588. The van der Waals surface area contributed by atoms with Crippen molar-refractivity contribution in [3.63, 3.8) is 0 Å². The Labute approximate surface area is 140 Å². The summed E-state index contributed by atoms with van der Waals surface area (Å²) in [6.45, 7) is 2.03. The highest BCUT2D eigenvalue weighted by Crippen LogP contribution is 2.20. The first kappa shape index (κ1) is 16.1. The van der Waals surface area contributed by atoms with E-state index in [1.165, 1.54) is 17.7 Å². The zero-order valence-corrected chi connectivity index (χ0v) is 13.8. The van der Waals surface area contributed by atoms with Gasteiger partial charge in [-0.3, -0.25) is 0 Å². The Bertz CT molecular complexity index is 953. The highest BCUT2D eigenvalue weighted by molar-refractivity contribution is 7.89. The number of hydrogen-bond acceptors (Lipinski definition) is 5. The lowest BCUT2D eigenvalue weighted by Crippen LogP contribution is -2.11. The number of benzene rings is 2. The van der Waals surface area contributed by atoms with Gasteiger partial charge in [-0.2, -0.15) is 0 Å². The van der Waals surface area contributed by atoms with Crippen LogP contribution in [-0.4, -0.2) is 18.4 Å². The number of primary sulfonamides is 1. The number of aromatic nitrogens is 2. The lowest BCUT2D eigenvalue weighted by atomic mass is 10.1. The van der Waals surface area contributed by atoms with Crippen molar-refractivity contribution in [1.82, 2.24) is 9.97 Å². The number of hydrogen-bond donors (Lipinski definition) is 2. The van der Waals surface area contributed by atoms with Crippen molar-refractivity contribution in [2.45, 2.75) is 11.8 Å². The van der Waals surface area contributed by atoms with Gasteiger partial charge in [0.25, 0.3) is 0 Å². The predicted octanol–water partition coefficient (Wildman–Crippen LogP) is 2.84. The van der Waals surface area contributed by atoms with E-state index >= 15 is 0 Å². The number of nitrogens with one attached hydrogen (secondary N) is 1. The summed E-state index contributed by atoms with van der Waals surface area (Å²) in [4.78, 5) is 8.72. The number of anilines is 2. The summed E-state index contributed by atoms with van der Waals surface area (Å²) in [6, 6.07) is 16.0. The third kappa shape index (κ3) is 3.76. The molecule has 0 radical (unpaired) electrons. The molecule has 7 heteroatoms. The molecule has 0 aliphatic carbocycles.